The normalized spacial score (nSPS) is 13.1. The molecule has 0 unspecified atom stereocenters. The molecule has 118 valence electrons. The number of hydrogen-bond acceptors (Lipinski definition) is 4. The lowest BCUT2D eigenvalue weighted by Crippen LogP contribution is -2.38. The van der Waals surface area contributed by atoms with E-state index in [9.17, 15) is 13.2 Å². The Morgan fingerprint density at radius 2 is 1.81 bits per heavy atom. The number of carboxylic acids is 1. The van der Waals surface area contributed by atoms with E-state index in [2.05, 4.69) is 18.6 Å². The van der Waals surface area contributed by atoms with Crippen LogP contribution in [0.5, 0.6) is 5.75 Å². The molecule has 0 bridgehead atoms. The summed E-state index contributed by atoms with van der Waals surface area (Å²) < 4.78 is 31.5. The largest absolute Gasteiger partial charge is 0.494 e. The molecule has 1 aromatic carbocycles. The van der Waals surface area contributed by atoms with Crippen LogP contribution in [-0.2, 0) is 14.8 Å². The van der Waals surface area contributed by atoms with Gasteiger partial charge in [0.25, 0.3) is 0 Å². The minimum atomic E-state index is -3.84. The SMILES string of the molecule is CC(C)CCOc1ccc(S(=O)(=O)N[C@@H](C)C(=O)O)cc1. The number of benzene rings is 1. The van der Waals surface area contributed by atoms with Crippen molar-refractivity contribution >= 4 is 16.0 Å². The van der Waals surface area contributed by atoms with Gasteiger partial charge < -0.3 is 9.84 Å². The molecule has 0 amide bonds. The molecule has 1 atom stereocenters. The van der Waals surface area contributed by atoms with Crippen LogP contribution in [0.1, 0.15) is 27.2 Å². The van der Waals surface area contributed by atoms with Crippen LogP contribution in [-0.4, -0.2) is 32.1 Å². The summed E-state index contributed by atoms with van der Waals surface area (Å²) in [5.74, 6) is -0.112. The zero-order valence-electron chi connectivity index (χ0n) is 12.4. The quantitative estimate of drug-likeness (QED) is 0.764. The van der Waals surface area contributed by atoms with Gasteiger partial charge in [-0.2, -0.15) is 4.72 Å². The molecule has 2 N–H and O–H groups in total. The van der Waals surface area contributed by atoms with Crippen molar-refractivity contribution in [3.8, 4) is 5.75 Å². The van der Waals surface area contributed by atoms with E-state index in [1.165, 1.54) is 19.1 Å². The van der Waals surface area contributed by atoms with E-state index >= 15 is 0 Å². The van der Waals surface area contributed by atoms with Crippen LogP contribution in [0, 0.1) is 5.92 Å². The Balaban J connectivity index is 2.70. The summed E-state index contributed by atoms with van der Waals surface area (Å²) in [7, 11) is -3.84. The van der Waals surface area contributed by atoms with Gasteiger partial charge in [0, 0.05) is 0 Å². The highest BCUT2D eigenvalue weighted by Gasteiger charge is 2.21. The second-order valence-electron chi connectivity index (χ2n) is 5.18. The molecule has 0 aromatic heterocycles. The number of ether oxygens (including phenoxy) is 1. The topological polar surface area (TPSA) is 92.7 Å². The Labute approximate surface area is 125 Å². The number of sulfonamides is 1. The van der Waals surface area contributed by atoms with Gasteiger partial charge in [-0.25, -0.2) is 8.42 Å². The second-order valence-corrected chi connectivity index (χ2v) is 6.90. The van der Waals surface area contributed by atoms with Crippen molar-refractivity contribution < 1.29 is 23.1 Å². The first-order valence-electron chi connectivity index (χ1n) is 6.70. The number of rotatable bonds is 8. The molecule has 0 aliphatic heterocycles. The molecule has 0 saturated carbocycles. The van der Waals surface area contributed by atoms with E-state index in [0.29, 0.717) is 18.3 Å². The van der Waals surface area contributed by atoms with Crippen LogP contribution in [0.25, 0.3) is 0 Å². The van der Waals surface area contributed by atoms with Crippen molar-refractivity contribution in [3.63, 3.8) is 0 Å². The summed E-state index contributed by atoms with van der Waals surface area (Å²) in [6, 6.07) is 4.71. The van der Waals surface area contributed by atoms with Gasteiger partial charge >= 0.3 is 5.97 Å². The zero-order chi connectivity index (χ0) is 16.0. The Morgan fingerprint density at radius 3 is 2.29 bits per heavy atom. The van der Waals surface area contributed by atoms with Crippen LogP contribution in [0.15, 0.2) is 29.2 Å². The minimum absolute atomic E-state index is 0.00631. The fourth-order valence-corrected chi connectivity index (χ4v) is 2.68. The smallest absolute Gasteiger partial charge is 0.321 e. The molecule has 0 fully saturated rings. The summed E-state index contributed by atoms with van der Waals surface area (Å²) in [6.07, 6.45) is 0.914. The van der Waals surface area contributed by atoms with Crippen molar-refractivity contribution in [2.24, 2.45) is 5.92 Å². The fraction of sp³-hybridized carbons (Fsp3) is 0.500. The van der Waals surface area contributed by atoms with Gasteiger partial charge in [0.1, 0.15) is 11.8 Å². The van der Waals surface area contributed by atoms with Crippen molar-refractivity contribution in [2.45, 2.75) is 38.1 Å². The lowest BCUT2D eigenvalue weighted by atomic mass is 10.1. The van der Waals surface area contributed by atoms with E-state index in [4.69, 9.17) is 9.84 Å². The molecule has 0 radical (unpaired) electrons. The Morgan fingerprint density at radius 1 is 1.24 bits per heavy atom. The molecule has 0 aliphatic carbocycles. The monoisotopic (exact) mass is 315 g/mol. The maximum atomic E-state index is 11.9. The van der Waals surface area contributed by atoms with Crippen LogP contribution < -0.4 is 9.46 Å². The predicted octanol–water partition coefficient (Wildman–Crippen LogP) is 1.86. The van der Waals surface area contributed by atoms with E-state index in [1.54, 1.807) is 12.1 Å². The van der Waals surface area contributed by atoms with Crippen molar-refractivity contribution in [3.05, 3.63) is 24.3 Å². The molecule has 1 aromatic rings. The highest BCUT2D eigenvalue weighted by molar-refractivity contribution is 7.89. The zero-order valence-corrected chi connectivity index (χ0v) is 13.2. The minimum Gasteiger partial charge on any atom is -0.494 e. The second kappa shape index (κ2) is 7.42. The number of hydrogen-bond donors (Lipinski definition) is 2. The molecule has 21 heavy (non-hydrogen) atoms. The third-order valence-corrected chi connectivity index (χ3v) is 4.36. The van der Waals surface area contributed by atoms with Crippen LogP contribution in [0.2, 0.25) is 0 Å². The third kappa shape index (κ3) is 5.73. The van der Waals surface area contributed by atoms with Gasteiger partial charge in [-0.05, 0) is 43.5 Å². The van der Waals surface area contributed by atoms with Gasteiger partial charge in [-0.1, -0.05) is 13.8 Å². The molecule has 0 heterocycles. The average Bonchev–Trinajstić information content (AvgIpc) is 2.38. The first-order valence-corrected chi connectivity index (χ1v) is 8.18. The molecule has 6 nitrogen and oxygen atoms in total. The summed E-state index contributed by atoms with van der Waals surface area (Å²) in [5.41, 5.74) is 0. The van der Waals surface area contributed by atoms with Gasteiger partial charge in [0.15, 0.2) is 0 Å². The summed E-state index contributed by atoms with van der Waals surface area (Å²) in [4.78, 5) is 10.7. The maximum absolute atomic E-state index is 11.9. The summed E-state index contributed by atoms with van der Waals surface area (Å²) >= 11 is 0. The highest BCUT2D eigenvalue weighted by atomic mass is 32.2. The molecule has 0 aliphatic rings. The third-order valence-electron chi connectivity index (χ3n) is 2.80. The van der Waals surface area contributed by atoms with Crippen molar-refractivity contribution in [2.75, 3.05) is 6.61 Å². The number of carbonyl (C=O) groups is 1. The standard InChI is InChI=1S/C14H21NO5S/c1-10(2)8-9-20-12-4-6-13(7-5-12)21(18,19)15-11(3)14(16)17/h4-7,10-11,15H,8-9H2,1-3H3,(H,16,17)/t11-/m0/s1. The van der Waals surface area contributed by atoms with Crippen LogP contribution >= 0.6 is 0 Å². The van der Waals surface area contributed by atoms with E-state index in [0.717, 1.165) is 6.42 Å². The maximum Gasteiger partial charge on any atom is 0.321 e. The molecule has 1 rings (SSSR count). The van der Waals surface area contributed by atoms with Gasteiger partial charge in [0.05, 0.1) is 11.5 Å². The Kier molecular flexibility index (Phi) is 6.17. The molecular weight excluding hydrogens is 294 g/mol. The average molecular weight is 315 g/mol. The first kappa shape index (κ1) is 17.5. The van der Waals surface area contributed by atoms with Gasteiger partial charge in [0.2, 0.25) is 10.0 Å². The summed E-state index contributed by atoms with van der Waals surface area (Å²) in [6.45, 7) is 6.02. The molecule has 0 spiro atoms. The number of carboxylic acid groups (broad SMARTS) is 1. The molecule has 7 heteroatoms. The molecule has 0 saturated heterocycles. The predicted molar refractivity (Wildman–Crippen MR) is 78.8 cm³/mol. The fourth-order valence-electron chi connectivity index (χ4n) is 1.48. The Hall–Kier alpha value is -1.60. The highest BCUT2D eigenvalue weighted by Crippen LogP contribution is 2.17. The first-order chi connectivity index (χ1) is 9.72. The molecular formula is C14H21NO5S. The summed E-state index contributed by atoms with van der Waals surface area (Å²) in [5, 5.41) is 8.73. The number of nitrogens with one attached hydrogen (secondary N) is 1. The van der Waals surface area contributed by atoms with Crippen LogP contribution in [0.4, 0.5) is 0 Å². The van der Waals surface area contributed by atoms with E-state index in [1.807, 2.05) is 0 Å². The van der Waals surface area contributed by atoms with Crippen molar-refractivity contribution in [1.82, 2.24) is 4.72 Å². The number of aliphatic carboxylic acids is 1. The van der Waals surface area contributed by atoms with Gasteiger partial charge in [-0.15, -0.1) is 0 Å². The van der Waals surface area contributed by atoms with Crippen LogP contribution in [0.3, 0.4) is 0 Å². The van der Waals surface area contributed by atoms with Gasteiger partial charge in [-0.3, -0.25) is 4.79 Å². The Bertz CT molecular complexity index is 566. The van der Waals surface area contributed by atoms with E-state index < -0.39 is 22.0 Å². The van der Waals surface area contributed by atoms with E-state index in [-0.39, 0.29) is 4.90 Å². The lowest BCUT2D eigenvalue weighted by Gasteiger charge is -2.11. The van der Waals surface area contributed by atoms with Crippen molar-refractivity contribution in [1.29, 1.82) is 0 Å². The lowest BCUT2D eigenvalue weighted by molar-refractivity contribution is -0.138.